The lowest BCUT2D eigenvalue weighted by molar-refractivity contribution is -0.139. The summed E-state index contributed by atoms with van der Waals surface area (Å²) in [7, 11) is 1.56. The summed E-state index contributed by atoms with van der Waals surface area (Å²) in [5, 5.41) is 3.57. The molecule has 4 rings (SSSR count). The van der Waals surface area contributed by atoms with Gasteiger partial charge in [0.25, 0.3) is 11.8 Å². The first-order chi connectivity index (χ1) is 16.0. The zero-order valence-corrected chi connectivity index (χ0v) is 19.3. The zero-order chi connectivity index (χ0) is 23.4. The van der Waals surface area contributed by atoms with E-state index in [0.29, 0.717) is 47.3 Å². The highest BCUT2D eigenvalue weighted by Crippen LogP contribution is 2.30. The summed E-state index contributed by atoms with van der Waals surface area (Å²) >= 11 is 6.00. The van der Waals surface area contributed by atoms with E-state index in [1.807, 2.05) is 37.3 Å². The second-order valence-corrected chi connectivity index (χ2v) is 8.28. The van der Waals surface area contributed by atoms with Crippen LogP contribution in [-0.2, 0) is 17.9 Å². The van der Waals surface area contributed by atoms with Gasteiger partial charge in [-0.25, -0.2) is 0 Å². The molecule has 1 N–H and O–H groups in total. The molecule has 0 saturated carbocycles. The number of carbonyl (C=O) groups excluding carboxylic acids is 2. The molecule has 7 heteroatoms. The van der Waals surface area contributed by atoms with Crippen LogP contribution in [-0.4, -0.2) is 29.9 Å². The van der Waals surface area contributed by atoms with Crippen LogP contribution >= 0.6 is 11.6 Å². The maximum Gasteiger partial charge on any atom is 0.264 e. The van der Waals surface area contributed by atoms with Crippen LogP contribution in [0.1, 0.15) is 34.8 Å². The van der Waals surface area contributed by atoms with Crippen LogP contribution in [0.4, 0.5) is 5.69 Å². The van der Waals surface area contributed by atoms with E-state index in [4.69, 9.17) is 21.1 Å². The highest BCUT2D eigenvalue weighted by atomic mass is 35.5. The van der Waals surface area contributed by atoms with Crippen LogP contribution in [0.15, 0.2) is 66.7 Å². The summed E-state index contributed by atoms with van der Waals surface area (Å²) in [5.74, 6) is 0.947. The smallest absolute Gasteiger partial charge is 0.264 e. The number of ether oxygens (including phenoxy) is 2. The van der Waals surface area contributed by atoms with Gasteiger partial charge in [0.05, 0.1) is 7.11 Å². The van der Waals surface area contributed by atoms with Gasteiger partial charge in [-0.2, -0.15) is 0 Å². The molecule has 6 nitrogen and oxygen atoms in total. The maximum atomic E-state index is 13.1. The molecule has 1 unspecified atom stereocenters. The van der Waals surface area contributed by atoms with Crippen molar-refractivity contribution in [2.75, 3.05) is 12.4 Å². The lowest BCUT2D eigenvalue weighted by Crippen LogP contribution is -2.38. The Bertz CT molecular complexity index is 1160. The Morgan fingerprint density at radius 2 is 1.94 bits per heavy atom. The van der Waals surface area contributed by atoms with Crippen molar-refractivity contribution in [2.24, 2.45) is 0 Å². The molecule has 0 aliphatic carbocycles. The maximum absolute atomic E-state index is 13.1. The van der Waals surface area contributed by atoms with Gasteiger partial charge < -0.3 is 19.7 Å². The van der Waals surface area contributed by atoms with Gasteiger partial charge in [-0.15, -0.1) is 0 Å². The number of hydrogen-bond donors (Lipinski definition) is 1. The third-order valence-corrected chi connectivity index (χ3v) is 5.78. The first kappa shape index (κ1) is 22.7. The van der Waals surface area contributed by atoms with Crippen LogP contribution in [0.25, 0.3) is 0 Å². The summed E-state index contributed by atoms with van der Waals surface area (Å²) in [6, 6.07) is 19.8. The van der Waals surface area contributed by atoms with Crippen molar-refractivity contribution < 1.29 is 19.1 Å². The van der Waals surface area contributed by atoms with Crippen molar-refractivity contribution in [3.63, 3.8) is 0 Å². The Kier molecular flexibility index (Phi) is 6.84. The van der Waals surface area contributed by atoms with Crippen molar-refractivity contribution in [1.82, 2.24) is 4.90 Å². The first-order valence-electron chi connectivity index (χ1n) is 10.7. The summed E-state index contributed by atoms with van der Waals surface area (Å²) in [6.07, 6.45) is -0.000223. The van der Waals surface area contributed by atoms with Crippen molar-refractivity contribution in [3.05, 3.63) is 88.4 Å². The van der Waals surface area contributed by atoms with E-state index in [2.05, 4.69) is 5.32 Å². The van der Waals surface area contributed by atoms with Crippen LogP contribution in [0.5, 0.6) is 11.5 Å². The van der Waals surface area contributed by atoms with Crippen LogP contribution < -0.4 is 14.8 Å². The van der Waals surface area contributed by atoms with E-state index < -0.39 is 6.10 Å². The molecule has 1 aliphatic rings. The monoisotopic (exact) mass is 464 g/mol. The molecule has 1 heterocycles. The van der Waals surface area contributed by atoms with Crippen LogP contribution in [0.2, 0.25) is 5.02 Å². The Balaban J connectivity index is 1.57. The number of hydrogen-bond acceptors (Lipinski definition) is 4. The molecule has 1 aliphatic heterocycles. The van der Waals surface area contributed by atoms with E-state index in [1.54, 1.807) is 48.4 Å². The van der Waals surface area contributed by atoms with Crippen molar-refractivity contribution in [3.8, 4) is 11.5 Å². The molecule has 0 aromatic heterocycles. The fraction of sp³-hybridized carbons (Fsp3) is 0.231. The molecule has 0 saturated heterocycles. The number of methoxy groups -OCH3 is 1. The van der Waals surface area contributed by atoms with E-state index in [9.17, 15) is 9.59 Å². The topological polar surface area (TPSA) is 67.9 Å². The highest BCUT2D eigenvalue weighted by molar-refractivity contribution is 6.30. The van der Waals surface area contributed by atoms with E-state index >= 15 is 0 Å². The Labute approximate surface area is 198 Å². The predicted octanol–water partition coefficient (Wildman–Crippen LogP) is 5.30. The average molecular weight is 465 g/mol. The van der Waals surface area contributed by atoms with Gasteiger partial charge in [-0.1, -0.05) is 36.7 Å². The third-order valence-electron chi connectivity index (χ3n) is 5.53. The SMILES string of the molecule is CCC1Oc2ccc(NC(=O)c3cccc(OC)c3)cc2CN(Cc2ccc(Cl)cc2)C1=O. The zero-order valence-electron chi connectivity index (χ0n) is 18.5. The summed E-state index contributed by atoms with van der Waals surface area (Å²) in [6.45, 7) is 2.74. The fourth-order valence-electron chi connectivity index (χ4n) is 3.76. The van der Waals surface area contributed by atoms with Gasteiger partial charge in [-0.3, -0.25) is 9.59 Å². The van der Waals surface area contributed by atoms with Gasteiger partial charge in [0.1, 0.15) is 11.5 Å². The second kappa shape index (κ2) is 9.96. The quantitative estimate of drug-likeness (QED) is 0.537. The molecular formula is C26H25ClN2O4. The Morgan fingerprint density at radius 1 is 1.15 bits per heavy atom. The number of nitrogens with one attached hydrogen (secondary N) is 1. The molecule has 0 bridgehead atoms. The molecule has 1 atom stereocenters. The number of halogens is 1. The molecule has 0 fully saturated rings. The van der Waals surface area contributed by atoms with Crippen molar-refractivity contribution in [1.29, 1.82) is 0 Å². The first-order valence-corrected chi connectivity index (χ1v) is 11.1. The largest absolute Gasteiger partial charge is 0.497 e. The minimum absolute atomic E-state index is 0.0642. The Hall–Kier alpha value is -3.51. The van der Waals surface area contributed by atoms with Gasteiger partial charge in [-0.05, 0) is 60.5 Å². The molecule has 170 valence electrons. The van der Waals surface area contributed by atoms with Gasteiger partial charge >= 0.3 is 0 Å². The lowest BCUT2D eigenvalue weighted by atomic mass is 10.1. The van der Waals surface area contributed by atoms with E-state index in [-0.39, 0.29) is 11.8 Å². The van der Waals surface area contributed by atoms with E-state index in [1.165, 1.54) is 0 Å². The number of benzene rings is 3. The number of rotatable bonds is 6. The van der Waals surface area contributed by atoms with Crippen LogP contribution in [0.3, 0.4) is 0 Å². The molecular weight excluding hydrogens is 440 g/mol. The van der Waals surface area contributed by atoms with Crippen molar-refractivity contribution in [2.45, 2.75) is 32.5 Å². The molecule has 3 aromatic carbocycles. The number of fused-ring (bicyclic) bond motifs is 1. The number of carbonyl (C=O) groups is 2. The highest BCUT2D eigenvalue weighted by Gasteiger charge is 2.30. The molecule has 0 spiro atoms. The standard InChI is InChI=1S/C26H25ClN2O4/c1-3-23-26(31)29(15-17-7-9-20(27)10-8-17)16-19-13-21(11-12-24(19)33-23)28-25(30)18-5-4-6-22(14-18)32-2/h4-14,23H,3,15-16H2,1-2H3,(H,28,30). The lowest BCUT2D eigenvalue weighted by Gasteiger charge is -2.23. The second-order valence-electron chi connectivity index (χ2n) is 7.84. The third kappa shape index (κ3) is 5.29. The molecule has 3 aromatic rings. The van der Waals surface area contributed by atoms with Gasteiger partial charge in [0.2, 0.25) is 0 Å². The predicted molar refractivity (Wildman–Crippen MR) is 128 cm³/mol. The minimum Gasteiger partial charge on any atom is -0.497 e. The molecule has 2 amide bonds. The number of nitrogens with zero attached hydrogens (tertiary/aromatic N) is 1. The Morgan fingerprint density at radius 3 is 2.67 bits per heavy atom. The van der Waals surface area contributed by atoms with Crippen LogP contribution in [0, 0.1) is 0 Å². The molecule has 0 radical (unpaired) electrons. The normalized spacial score (nSPS) is 15.3. The average Bonchev–Trinajstić information content (AvgIpc) is 2.96. The summed E-state index contributed by atoms with van der Waals surface area (Å²) in [4.78, 5) is 27.6. The van der Waals surface area contributed by atoms with Gasteiger partial charge in [0, 0.05) is 34.9 Å². The number of anilines is 1. The number of amides is 2. The van der Waals surface area contributed by atoms with E-state index in [0.717, 1.165) is 11.1 Å². The van der Waals surface area contributed by atoms with Crippen molar-refractivity contribution >= 4 is 29.1 Å². The minimum atomic E-state index is -0.559. The fourth-order valence-corrected chi connectivity index (χ4v) is 3.88. The summed E-state index contributed by atoms with van der Waals surface area (Å²) < 4.78 is 11.2. The molecule has 33 heavy (non-hydrogen) atoms. The van der Waals surface area contributed by atoms with Gasteiger partial charge in [0.15, 0.2) is 6.10 Å². The summed E-state index contributed by atoms with van der Waals surface area (Å²) in [5.41, 5.74) is 2.93.